The molecule has 10 nitrogen and oxygen atoms in total. The van der Waals surface area contributed by atoms with Crippen LogP contribution in [0.5, 0.6) is 0 Å². The van der Waals surface area contributed by atoms with Crippen molar-refractivity contribution < 1.29 is 47.5 Å². The van der Waals surface area contributed by atoms with E-state index in [2.05, 4.69) is 121 Å². The molecule has 13 atom stereocenters. The Kier molecular flexibility index (Phi) is 29.4. The first-order valence-electron chi connectivity index (χ1n) is 33.4. The van der Waals surface area contributed by atoms with E-state index in [0.29, 0.717) is 19.4 Å². The van der Waals surface area contributed by atoms with Crippen LogP contribution in [0.4, 0.5) is 0 Å². The maximum Gasteiger partial charge on any atom is 0.306 e. The van der Waals surface area contributed by atoms with Crippen molar-refractivity contribution in [3.63, 3.8) is 0 Å². The number of ether oxygens (including phenoxy) is 8. The number of unbranched alkanes of at least 4 members (excludes halogenated alkanes) is 18. The predicted molar refractivity (Wildman–Crippen MR) is 334 cm³/mol. The minimum atomic E-state index is -0.407. The quantitative estimate of drug-likeness (QED) is 0.0192. The molecule has 2 aliphatic carbocycles. The average molecular weight is 1140 g/mol. The lowest BCUT2D eigenvalue weighted by Gasteiger charge is -2.44. The van der Waals surface area contributed by atoms with Crippen molar-refractivity contribution in [2.75, 3.05) is 27.4 Å². The number of rotatable bonds is 43. The highest BCUT2D eigenvalue weighted by molar-refractivity contribution is 5.70. The van der Waals surface area contributed by atoms with Gasteiger partial charge in [0.25, 0.3) is 0 Å². The lowest BCUT2D eigenvalue weighted by molar-refractivity contribution is -0.173. The first kappa shape index (κ1) is 68.0. The number of hydrogen-bond acceptors (Lipinski definition) is 10. The molecule has 82 heavy (non-hydrogen) atoms. The van der Waals surface area contributed by atoms with E-state index in [-0.39, 0.29) is 83.1 Å². The fraction of sp³-hybridized carbons (Fsp3) is 0.778. The van der Waals surface area contributed by atoms with Crippen molar-refractivity contribution in [3.8, 4) is 0 Å². The van der Waals surface area contributed by atoms with Crippen LogP contribution in [-0.4, -0.2) is 98.4 Å². The Balaban J connectivity index is 0.818. The van der Waals surface area contributed by atoms with Gasteiger partial charge in [0.15, 0.2) is 0 Å². The van der Waals surface area contributed by atoms with Crippen LogP contribution >= 0.6 is 0 Å². The Labute approximate surface area is 499 Å². The zero-order chi connectivity index (χ0) is 58.7. The van der Waals surface area contributed by atoms with Gasteiger partial charge in [0, 0.05) is 27.1 Å². The second-order valence-electron chi connectivity index (χ2n) is 26.3. The van der Waals surface area contributed by atoms with Gasteiger partial charge in [-0.25, -0.2) is 0 Å². The van der Waals surface area contributed by atoms with Gasteiger partial charge >= 0.3 is 11.9 Å². The fourth-order valence-corrected chi connectivity index (χ4v) is 13.9. The SMILES string of the molecule is CCCCCCCCCCCCCC=CCCCCC(=O)OC1CCC2(CO2)C(C2(CC(C)C=CC=CCCCCC=CCCC=CCCCC(=O)OC3CCC4(CO4)C(C4(C)OC4CC=C(C)C)C3OC)OC2CC=C(C)C)C1OC. The van der Waals surface area contributed by atoms with Gasteiger partial charge in [0.1, 0.15) is 46.8 Å². The van der Waals surface area contributed by atoms with Crippen molar-refractivity contribution in [3.05, 3.63) is 84.1 Å². The van der Waals surface area contributed by atoms with Crippen LogP contribution in [0.15, 0.2) is 84.1 Å². The van der Waals surface area contributed by atoms with Crippen molar-refractivity contribution >= 4 is 11.9 Å². The van der Waals surface area contributed by atoms with Crippen LogP contribution in [0.1, 0.15) is 254 Å². The van der Waals surface area contributed by atoms with Crippen LogP contribution in [0.3, 0.4) is 0 Å². The lowest BCUT2D eigenvalue weighted by Crippen LogP contribution is -2.56. The van der Waals surface area contributed by atoms with Gasteiger partial charge in [-0.15, -0.1) is 0 Å². The zero-order valence-electron chi connectivity index (χ0n) is 53.2. The third kappa shape index (κ3) is 21.7. The Bertz CT molecular complexity index is 2080. The third-order valence-electron chi connectivity index (χ3n) is 18.9. The van der Waals surface area contributed by atoms with Gasteiger partial charge < -0.3 is 37.9 Å². The van der Waals surface area contributed by atoms with Crippen molar-refractivity contribution in [2.45, 2.75) is 313 Å². The molecule has 6 fully saturated rings. The predicted octanol–water partition coefficient (Wildman–Crippen LogP) is 17.8. The Hall–Kier alpha value is -3.12. The van der Waals surface area contributed by atoms with Gasteiger partial charge in [0.05, 0.1) is 37.3 Å². The van der Waals surface area contributed by atoms with E-state index in [9.17, 15) is 9.59 Å². The molecule has 10 heteroatoms. The van der Waals surface area contributed by atoms with Crippen LogP contribution in [-0.2, 0) is 47.5 Å². The summed E-state index contributed by atoms with van der Waals surface area (Å²) in [6, 6.07) is 0. The van der Waals surface area contributed by atoms with E-state index in [4.69, 9.17) is 37.9 Å². The summed E-state index contributed by atoms with van der Waals surface area (Å²) in [6.45, 7) is 16.7. The molecule has 0 N–H and O–H groups in total. The molecule has 464 valence electrons. The van der Waals surface area contributed by atoms with E-state index >= 15 is 0 Å². The summed E-state index contributed by atoms with van der Waals surface area (Å²) >= 11 is 0. The number of methoxy groups -OCH3 is 2. The zero-order valence-corrected chi connectivity index (χ0v) is 53.2. The summed E-state index contributed by atoms with van der Waals surface area (Å²) in [5, 5.41) is 0. The fourth-order valence-electron chi connectivity index (χ4n) is 13.9. The molecule has 4 aliphatic heterocycles. The van der Waals surface area contributed by atoms with E-state index in [1.54, 1.807) is 14.2 Å². The molecule has 0 aromatic rings. The van der Waals surface area contributed by atoms with Crippen molar-refractivity contribution in [2.24, 2.45) is 17.8 Å². The molecule has 0 aromatic carbocycles. The number of carbonyl (C=O) groups is 2. The molecular weight excluding hydrogens is 1020 g/mol. The van der Waals surface area contributed by atoms with E-state index in [1.165, 1.54) is 88.2 Å². The highest BCUT2D eigenvalue weighted by Crippen LogP contribution is 2.63. The van der Waals surface area contributed by atoms with Gasteiger partial charge in [-0.05, 0) is 169 Å². The van der Waals surface area contributed by atoms with Crippen molar-refractivity contribution in [1.29, 1.82) is 0 Å². The molecule has 4 saturated heterocycles. The van der Waals surface area contributed by atoms with E-state index < -0.39 is 5.60 Å². The summed E-state index contributed by atoms with van der Waals surface area (Å²) in [5.74, 6) is 0.0495. The normalized spacial score (nSPS) is 31.5. The Morgan fingerprint density at radius 2 is 0.976 bits per heavy atom. The Morgan fingerprint density at radius 3 is 1.50 bits per heavy atom. The number of epoxide rings is 4. The maximum absolute atomic E-state index is 13.3. The minimum absolute atomic E-state index is 0.0136. The van der Waals surface area contributed by atoms with Crippen LogP contribution in [0, 0.1) is 17.8 Å². The molecule has 0 aromatic heterocycles. The number of allylic oxidation sites excluding steroid dienone is 12. The van der Waals surface area contributed by atoms with Gasteiger partial charge in [-0.2, -0.15) is 0 Å². The van der Waals surface area contributed by atoms with Crippen molar-refractivity contribution in [1.82, 2.24) is 0 Å². The monoisotopic (exact) mass is 1140 g/mol. The second kappa shape index (κ2) is 35.5. The van der Waals surface area contributed by atoms with Crippen LogP contribution in [0.25, 0.3) is 0 Å². The smallest absolute Gasteiger partial charge is 0.306 e. The highest BCUT2D eigenvalue weighted by Gasteiger charge is 2.74. The molecule has 2 saturated carbocycles. The second-order valence-corrected chi connectivity index (χ2v) is 26.3. The van der Waals surface area contributed by atoms with Gasteiger partial charge in [0.2, 0.25) is 0 Å². The molecule has 2 spiro atoms. The molecule has 0 radical (unpaired) electrons. The third-order valence-corrected chi connectivity index (χ3v) is 18.9. The van der Waals surface area contributed by atoms with Gasteiger partial charge in [-0.1, -0.05) is 162 Å². The first-order chi connectivity index (χ1) is 39.8. The molecular formula is C72H116O10. The Morgan fingerprint density at radius 1 is 0.537 bits per heavy atom. The molecule has 6 rings (SSSR count). The lowest BCUT2D eigenvalue weighted by atomic mass is 9.65. The molecule has 6 aliphatic rings. The summed E-state index contributed by atoms with van der Waals surface area (Å²) in [6.07, 6.45) is 60.4. The molecule has 0 bridgehead atoms. The first-order valence-corrected chi connectivity index (χ1v) is 33.4. The number of esters is 2. The highest BCUT2D eigenvalue weighted by atomic mass is 16.6. The van der Waals surface area contributed by atoms with Crippen LogP contribution < -0.4 is 0 Å². The summed E-state index contributed by atoms with van der Waals surface area (Å²) in [4.78, 5) is 26.3. The summed E-state index contributed by atoms with van der Waals surface area (Å²) in [7, 11) is 3.50. The van der Waals surface area contributed by atoms with Gasteiger partial charge in [-0.3, -0.25) is 9.59 Å². The minimum Gasteiger partial charge on any atom is -0.460 e. The summed E-state index contributed by atoms with van der Waals surface area (Å²) < 4.78 is 50.4. The maximum atomic E-state index is 13.3. The van der Waals surface area contributed by atoms with E-state index in [0.717, 1.165) is 122 Å². The number of hydrogen-bond donors (Lipinski definition) is 0. The van der Waals surface area contributed by atoms with E-state index in [1.807, 2.05) is 0 Å². The largest absolute Gasteiger partial charge is 0.460 e. The topological polar surface area (TPSA) is 121 Å². The molecule has 0 amide bonds. The van der Waals surface area contributed by atoms with Crippen LogP contribution in [0.2, 0.25) is 0 Å². The standard InChI is InChI=1S/C72H116O10/c1-10-11-12-13-14-15-16-17-18-19-22-25-28-32-35-38-41-44-64(74)80-60-50-52-71(55-78-71)68(66(60)76-9)72(62(82-72)48-46-57(4)5)53-58(6)42-39-36-33-30-27-24-21-20-23-26-29-31-34-37-40-43-63(73)79-59-49-51-70(54-77-70)67(65(59)75-8)69(7)61(81-69)47-45-56(2)3/h20,23,28,31-34,36,39,42,45-46,58-62,65-68H,10-19,21-22,24-27,29-30,35,37-38,40-41,43-44,47-55H2,1-9H3. The average Bonchev–Trinajstić information content (AvgIpc) is 1.70. The molecule has 4 heterocycles. The molecule has 13 unspecified atom stereocenters. The summed E-state index contributed by atoms with van der Waals surface area (Å²) in [5.41, 5.74) is 1.33. The number of carbonyl (C=O) groups excluding carboxylic acids is 2.